The molecule has 2 saturated heterocycles. The molecule has 2 fully saturated rings. The number of nitrogens with zero attached hydrogens (tertiary/aromatic N) is 3. The highest BCUT2D eigenvalue weighted by molar-refractivity contribution is 5.59. The van der Waals surface area contributed by atoms with Gasteiger partial charge in [0.2, 0.25) is 0 Å². The molecule has 4 heteroatoms. The first-order valence-corrected chi connectivity index (χ1v) is 10.3. The van der Waals surface area contributed by atoms with Crippen LogP contribution in [0.1, 0.15) is 52.0 Å². The van der Waals surface area contributed by atoms with Crippen molar-refractivity contribution in [2.24, 2.45) is 17.6 Å². The fraction of sp³-hybridized carbons (Fsp3) is 0.682. The molecule has 0 unspecified atom stereocenters. The molecule has 146 valence electrons. The predicted octanol–water partition coefficient (Wildman–Crippen LogP) is 4.11. The normalized spacial score (nSPS) is 18.8. The first kappa shape index (κ1) is 22.5. The number of rotatable bonds is 2. The molecule has 0 radical (unpaired) electrons. The van der Waals surface area contributed by atoms with Crippen LogP contribution < -0.4 is 10.6 Å². The topological polar surface area (TPSA) is 56.3 Å². The van der Waals surface area contributed by atoms with E-state index in [0.717, 1.165) is 42.7 Å². The molecule has 0 atom stereocenters. The summed E-state index contributed by atoms with van der Waals surface area (Å²) in [5, 5.41) is 9.02. The Hall–Kier alpha value is -1.57. The molecule has 26 heavy (non-hydrogen) atoms. The molecule has 0 amide bonds. The van der Waals surface area contributed by atoms with Crippen LogP contribution >= 0.6 is 0 Å². The van der Waals surface area contributed by atoms with Crippen LogP contribution in [0, 0.1) is 23.2 Å². The lowest BCUT2D eigenvalue weighted by Gasteiger charge is -2.32. The van der Waals surface area contributed by atoms with E-state index in [1.807, 2.05) is 32.0 Å². The number of piperidine rings is 2. The Bertz CT molecular complexity index is 521. The molecule has 1 aromatic rings. The number of nitriles is 1. The van der Waals surface area contributed by atoms with Crippen molar-refractivity contribution < 1.29 is 0 Å². The van der Waals surface area contributed by atoms with Gasteiger partial charge in [-0.05, 0) is 76.3 Å². The Morgan fingerprint density at radius 1 is 1.04 bits per heavy atom. The highest BCUT2D eigenvalue weighted by atomic mass is 15.1. The zero-order valence-corrected chi connectivity index (χ0v) is 17.2. The third-order valence-electron chi connectivity index (χ3n) is 5.32. The lowest BCUT2D eigenvalue weighted by atomic mass is 9.98. The van der Waals surface area contributed by atoms with Crippen molar-refractivity contribution >= 4 is 5.69 Å². The Kier molecular flexibility index (Phi) is 11.0. The summed E-state index contributed by atoms with van der Waals surface area (Å²) in [6, 6.07) is 10.1. The van der Waals surface area contributed by atoms with Gasteiger partial charge in [0.05, 0.1) is 11.3 Å². The molecule has 3 rings (SSSR count). The molecular formula is C22H38N4. The van der Waals surface area contributed by atoms with Gasteiger partial charge in [0.15, 0.2) is 0 Å². The Labute approximate surface area is 161 Å². The van der Waals surface area contributed by atoms with E-state index in [-0.39, 0.29) is 0 Å². The van der Waals surface area contributed by atoms with Crippen LogP contribution in [0.3, 0.4) is 0 Å². The van der Waals surface area contributed by atoms with Crippen molar-refractivity contribution in [3.63, 3.8) is 0 Å². The average Bonchev–Trinajstić information content (AvgIpc) is 2.71. The summed E-state index contributed by atoms with van der Waals surface area (Å²) in [6.45, 7) is 11.8. The standard InChI is InChI=1S/C13H16N2.C7H16N2.C2H6/c1-11-6-8-15(9-7-11)13-5-3-2-4-12(13)10-14;1-9-4-2-7(6-8)3-5-9;1-2/h2-5,11H,6-9H2,1H3;7H,2-6,8H2,1H3;1-2H3. The van der Waals surface area contributed by atoms with Gasteiger partial charge >= 0.3 is 0 Å². The number of hydrogen-bond acceptors (Lipinski definition) is 4. The molecule has 2 aliphatic rings. The van der Waals surface area contributed by atoms with E-state index in [0.29, 0.717) is 0 Å². The van der Waals surface area contributed by atoms with E-state index < -0.39 is 0 Å². The van der Waals surface area contributed by atoms with E-state index >= 15 is 0 Å². The maximum absolute atomic E-state index is 9.02. The second-order valence-electron chi connectivity index (χ2n) is 7.28. The number of nitrogens with two attached hydrogens (primary N) is 1. The Morgan fingerprint density at radius 3 is 2.15 bits per heavy atom. The van der Waals surface area contributed by atoms with Crippen LogP contribution in [0.5, 0.6) is 0 Å². The molecule has 2 aliphatic heterocycles. The largest absolute Gasteiger partial charge is 0.370 e. The maximum atomic E-state index is 9.02. The van der Waals surface area contributed by atoms with E-state index in [1.54, 1.807) is 0 Å². The van der Waals surface area contributed by atoms with Crippen LogP contribution in [0.25, 0.3) is 0 Å². The number of likely N-dealkylation sites (tertiary alicyclic amines) is 1. The van der Waals surface area contributed by atoms with Crippen LogP contribution in [0.4, 0.5) is 5.69 Å². The van der Waals surface area contributed by atoms with Crippen LogP contribution in [-0.4, -0.2) is 44.7 Å². The molecule has 0 spiro atoms. The summed E-state index contributed by atoms with van der Waals surface area (Å²) in [4.78, 5) is 4.70. The SMILES string of the molecule is CC.CC1CCN(c2ccccc2C#N)CC1.CN1CCC(CN)CC1. The van der Waals surface area contributed by atoms with Gasteiger partial charge in [0.1, 0.15) is 6.07 Å². The molecule has 0 aromatic heterocycles. The first-order valence-electron chi connectivity index (χ1n) is 10.3. The summed E-state index contributed by atoms with van der Waals surface area (Å²) in [5.74, 6) is 1.64. The zero-order chi connectivity index (χ0) is 19.4. The van der Waals surface area contributed by atoms with Crippen molar-refractivity contribution in [2.45, 2.75) is 46.5 Å². The van der Waals surface area contributed by atoms with Crippen LogP contribution in [0.2, 0.25) is 0 Å². The zero-order valence-electron chi connectivity index (χ0n) is 17.2. The smallest absolute Gasteiger partial charge is 0.101 e. The van der Waals surface area contributed by atoms with Gasteiger partial charge < -0.3 is 15.5 Å². The van der Waals surface area contributed by atoms with Crippen molar-refractivity contribution in [1.82, 2.24) is 4.90 Å². The minimum atomic E-state index is 0.798. The molecule has 0 saturated carbocycles. The summed E-state index contributed by atoms with van der Waals surface area (Å²) >= 11 is 0. The predicted molar refractivity (Wildman–Crippen MR) is 112 cm³/mol. The average molecular weight is 359 g/mol. The molecule has 0 aliphatic carbocycles. The van der Waals surface area contributed by atoms with Crippen LogP contribution in [0.15, 0.2) is 24.3 Å². The maximum Gasteiger partial charge on any atom is 0.101 e. The Balaban J connectivity index is 0.000000263. The molecule has 2 heterocycles. The van der Waals surface area contributed by atoms with E-state index in [4.69, 9.17) is 11.0 Å². The third kappa shape index (κ3) is 7.35. The summed E-state index contributed by atoms with van der Waals surface area (Å²) in [6.07, 6.45) is 5.07. The molecule has 4 nitrogen and oxygen atoms in total. The van der Waals surface area contributed by atoms with E-state index in [9.17, 15) is 0 Å². The molecule has 2 N–H and O–H groups in total. The third-order valence-corrected chi connectivity index (χ3v) is 5.32. The number of benzene rings is 1. The summed E-state index contributed by atoms with van der Waals surface area (Å²) in [5.41, 5.74) is 7.43. The van der Waals surface area contributed by atoms with Gasteiger partial charge in [-0.1, -0.05) is 32.9 Å². The first-order chi connectivity index (χ1) is 12.6. The Morgan fingerprint density at radius 2 is 1.62 bits per heavy atom. The van der Waals surface area contributed by atoms with E-state index in [2.05, 4.69) is 35.9 Å². The van der Waals surface area contributed by atoms with Crippen molar-refractivity contribution in [1.29, 1.82) is 5.26 Å². The number of para-hydroxylation sites is 1. The van der Waals surface area contributed by atoms with Gasteiger partial charge in [0.25, 0.3) is 0 Å². The molecule has 1 aromatic carbocycles. The second kappa shape index (κ2) is 12.7. The van der Waals surface area contributed by atoms with Gasteiger partial charge in [-0.15, -0.1) is 0 Å². The van der Waals surface area contributed by atoms with Crippen molar-refractivity contribution in [3.05, 3.63) is 29.8 Å². The van der Waals surface area contributed by atoms with Crippen molar-refractivity contribution in [2.75, 3.05) is 44.7 Å². The monoisotopic (exact) mass is 358 g/mol. The molecule has 0 bridgehead atoms. The van der Waals surface area contributed by atoms with E-state index in [1.165, 1.54) is 38.8 Å². The summed E-state index contributed by atoms with van der Waals surface area (Å²) < 4.78 is 0. The second-order valence-corrected chi connectivity index (χ2v) is 7.28. The minimum Gasteiger partial charge on any atom is -0.370 e. The highest BCUT2D eigenvalue weighted by Gasteiger charge is 2.17. The minimum absolute atomic E-state index is 0.798. The van der Waals surface area contributed by atoms with Gasteiger partial charge in [-0.25, -0.2) is 0 Å². The van der Waals surface area contributed by atoms with Crippen LogP contribution in [-0.2, 0) is 0 Å². The fourth-order valence-electron chi connectivity index (χ4n) is 3.39. The quantitative estimate of drug-likeness (QED) is 0.864. The fourth-order valence-corrected chi connectivity index (χ4v) is 3.39. The van der Waals surface area contributed by atoms with Gasteiger partial charge in [-0.2, -0.15) is 5.26 Å². The van der Waals surface area contributed by atoms with Crippen molar-refractivity contribution in [3.8, 4) is 6.07 Å². The number of anilines is 1. The van der Waals surface area contributed by atoms with Gasteiger partial charge in [-0.3, -0.25) is 0 Å². The highest BCUT2D eigenvalue weighted by Crippen LogP contribution is 2.25. The summed E-state index contributed by atoms with van der Waals surface area (Å²) in [7, 11) is 2.17. The lowest BCUT2D eigenvalue weighted by Crippen LogP contribution is -2.33. The molecular weight excluding hydrogens is 320 g/mol. The van der Waals surface area contributed by atoms with Gasteiger partial charge in [0, 0.05) is 13.1 Å². The lowest BCUT2D eigenvalue weighted by molar-refractivity contribution is 0.223. The number of hydrogen-bond donors (Lipinski definition) is 1.